The van der Waals surface area contributed by atoms with E-state index in [1.165, 1.54) is 22.8 Å². The summed E-state index contributed by atoms with van der Waals surface area (Å²) in [6, 6.07) is 6.09. The van der Waals surface area contributed by atoms with Gasteiger partial charge in [-0.2, -0.15) is 4.31 Å². The Morgan fingerprint density at radius 3 is 2.46 bits per heavy atom. The number of carbonyl (C=O) groups is 1. The number of anilines is 1. The van der Waals surface area contributed by atoms with E-state index in [1.807, 2.05) is 13.8 Å². The van der Waals surface area contributed by atoms with Gasteiger partial charge in [-0.1, -0.05) is 0 Å². The molecule has 1 aromatic carbocycles. The molecule has 0 aliphatic carbocycles. The molecule has 0 bridgehead atoms. The van der Waals surface area contributed by atoms with E-state index in [0.29, 0.717) is 36.6 Å². The fourth-order valence-corrected chi connectivity index (χ4v) is 6.36. The Morgan fingerprint density at radius 2 is 1.86 bits per heavy atom. The topological polar surface area (TPSA) is 84.9 Å². The zero-order chi connectivity index (χ0) is 20.5. The van der Waals surface area contributed by atoms with E-state index in [1.54, 1.807) is 31.4 Å². The highest BCUT2D eigenvalue weighted by atomic mass is 32.2. The molecule has 0 saturated carbocycles. The first-order chi connectivity index (χ1) is 13.3. The van der Waals surface area contributed by atoms with Crippen LogP contribution in [0.1, 0.15) is 23.3 Å². The van der Waals surface area contributed by atoms with Gasteiger partial charge in [0.25, 0.3) is 10.0 Å². The Morgan fingerprint density at radius 1 is 1.18 bits per heavy atom. The number of aryl methyl sites for hydroxylation is 2. The van der Waals surface area contributed by atoms with Gasteiger partial charge in [0.05, 0.1) is 14.2 Å². The minimum absolute atomic E-state index is 0.270. The summed E-state index contributed by atoms with van der Waals surface area (Å²) in [6.45, 7) is 4.04. The summed E-state index contributed by atoms with van der Waals surface area (Å²) in [6.07, 6.45) is 1.13. The first-order valence-corrected chi connectivity index (χ1v) is 11.2. The van der Waals surface area contributed by atoms with Crippen molar-refractivity contribution in [2.24, 2.45) is 0 Å². The van der Waals surface area contributed by atoms with Crippen LogP contribution in [0.2, 0.25) is 0 Å². The molecule has 1 N–H and O–H groups in total. The van der Waals surface area contributed by atoms with Crippen molar-refractivity contribution in [3.63, 3.8) is 0 Å². The number of ether oxygens (including phenoxy) is 2. The maximum absolute atomic E-state index is 13.0. The number of thiophene rings is 1. The van der Waals surface area contributed by atoms with Crippen LogP contribution in [0, 0.1) is 13.8 Å². The molecular formula is C19H24N2O5S2. The molecule has 1 amide bonds. The Labute approximate surface area is 169 Å². The van der Waals surface area contributed by atoms with Crippen molar-refractivity contribution in [1.82, 2.24) is 4.31 Å². The Balaban J connectivity index is 1.84. The van der Waals surface area contributed by atoms with Crippen molar-refractivity contribution in [2.45, 2.75) is 36.9 Å². The van der Waals surface area contributed by atoms with E-state index in [4.69, 9.17) is 9.47 Å². The molecule has 1 aromatic heterocycles. The van der Waals surface area contributed by atoms with Crippen molar-refractivity contribution >= 4 is 33.0 Å². The fraction of sp³-hybridized carbons (Fsp3) is 0.421. The predicted molar refractivity (Wildman–Crippen MR) is 109 cm³/mol. The summed E-state index contributed by atoms with van der Waals surface area (Å²) in [5, 5.41) is 2.86. The number of amides is 1. The Hall–Kier alpha value is -2.10. The van der Waals surface area contributed by atoms with Gasteiger partial charge in [0.15, 0.2) is 11.5 Å². The van der Waals surface area contributed by atoms with Crippen molar-refractivity contribution in [1.29, 1.82) is 0 Å². The summed E-state index contributed by atoms with van der Waals surface area (Å²) in [4.78, 5) is 13.8. The Kier molecular flexibility index (Phi) is 5.97. The number of nitrogens with one attached hydrogen (secondary N) is 1. The minimum atomic E-state index is -3.69. The van der Waals surface area contributed by atoms with Crippen molar-refractivity contribution in [3.05, 3.63) is 34.7 Å². The van der Waals surface area contributed by atoms with E-state index in [0.717, 1.165) is 10.4 Å². The fourth-order valence-electron chi connectivity index (χ4n) is 3.29. The van der Waals surface area contributed by atoms with Gasteiger partial charge < -0.3 is 14.8 Å². The van der Waals surface area contributed by atoms with E-state index in [9.17, 15) is 13.2 Å². The van der Waals surface area contributed by atoms with E-state index < -0.39 is 16.1 Å². The van der Waals surface area contributed by atoms with E-state index in [2.05, 4.69) is 5.32 Å². The van der Waals surface area contributed by atoms with Crippen LogP contribution < -0.4 is 14.8 Å². The second-order valence-electron chi connectivity index (χ2n) is 6.65. The molecule has 1 aliphatic heterocycles. The number of nitrogens with zero attached hydrogens (tertiary/aromatic N) is 1. The molecule has 7 nitrogen and oxygen atoms in total. The normalized spacial score (nSPS) is 17.5. The lowest BCUT2D eigenvalue weighted by Crippen LogP contribution is -2.42. The van der Waals surface area contributed by atoms with Gasteiger partial charge in [-0.25, -0.2) is 8.42 Å². The average molecular weight is 425 g/mol. The van der Waals surface area contributed by atoms with Gasteiger partial charge in [-0.05, 0) is 50.5 Å². The minimum Gasteiger partial charge on any atom is -0.493 e. The lowest BCUT2D eigenvalue weighted by atomic mass is 10.1. The number of methoxy groups -OCH3 is 2. The number of benzene rings is 1. The van der Waals surface area contributed by atoms with E-state index >= 15 is 0 Å². The monoisotopic (exact) mass is 424 g/mol. The number of sulfonamides is 1. The molecule has 0 spiro atoms. The van der Waals surface area contributed by atoms with Crippen molar-refractivity contribution in [3.8, 4) is 11.5 Å². The Bertz CT molecular complexity index is 984. The van der Waals surface area contributed by atoms with E-state index in [-0.39, 0.29) is 10.1 Å². The summed E-state index contributed by atoms with van der Waals surface area (Å²) >= 11 is 1.22. The predicted octanol–water partition coefficient (Wildman–Crippen LogP) is 3.17. The summed E-state index contributed by atoms with van der Waals surface area (Å²) in [5.74, 6) is 0.717. The molecule has 0 unspecified atom stereocenters. The standard InChI is InChI=1S/C19H24N2O5S2/c1-12-10-16(25-3)17(26-4)11-14(12)20-19(22)15-6-5-9-21(15)28(23,24)18-8-7-13(2)27-18/h7-8,10-11,15H,5-6,9H2,1-4H3,(H,20,22)/t15-/m0/s1. The molecule has 28 heavy (non-hydrogen) atoms. The molecule has 2 heterocycles. The van der Waals surface area contributed by atoms with Crippen LogP contribution in [0.15, 0.2) is 28.5 Å². The first-order valence-electron chi connectivity index (χ1n) is 8.89. The number of hydrogen-bond acceptors (Lipinski definition) is 6. The largest absolute Gasteiger partial charge is 0.493 e. The third kappa shape index (κ3) is 3.87. The molecule has 9 heteroatoms. The number of rotatable bonds is 6. The van der Waals surface area contributed by atoms with Crippen LogP contribution in [0.5, 0.6) is 11.5 Å². The molecule has 0 radical (unpaired) electrons. The van der Waals surface area contributed by atoms with Crippen LogP contribution in [0.3, 0.4) is 0 Å². The van der Waals surface area contributed by atoms with Crippen LogP contribution in [0.4, 0.5) is 5.69 Å². The lowest BCUT2D eigenvalue weighted by molar-refractivity contribution is -0.119. The molecule has 152 valence electrons. The molecule has 3 rings (SSSR count). The van der Waals surface area contributed by atoms with Gasteiger partial charge in [0, 0.05) is 23.2 Å². The summed E-state index contributed by atoms with van der Waals surface area (Å²) in [7, 11) is -0.626. The quantitative estimate of drug-likeness (QED) is 0.770. The number of carbonyl (C=O) groups excluding carboxylic acids is 1. The third-order valence-electron chi connectivity index (χ3n) is 4.77. The SMILES string of the molecule is COc1cc(C)c(NC(=O)[C@@H]2CCCN2S(=O)(=O)c2ccc(C)s2)cc1OC. The summed E-state index contributed by atoms with van der Waals surface area (Å²) in [5.41, 5.74) is 1.37. The maximum Gasteiger partial charge on any atom is 0.253 e. The lowest BCUT2D eigenvalue weighted by Gasteiger charge is -2.23. The van der Waals surface area contributed by atoms with Gasteiger partial charge in [-0.15, -0.1) is 11.3 Å². The summed E-state index contributed by atoms with van der Waals surface area (Å²) < 4.78 is 38.1. The molecule has 1 saturated heterocycles. The van der Waals surface area contributed by atoms with Crippen LogP contribution in [-0.4, -0.2) is 45.4 Å². The second kappa shape index (κ2) is 8.10. The van der Waals surface area contributed by atoms with Crippen molar-refractivity contribution < 1.29 is 22.7 Å². The van der Waals surface area contributed by atoms with Gasteiger partial charge in [-0.3, -0.25) is 4.79 Å². The molecule has 1 atom stereocenters. The maximum atomic E-state index is 13.0. The van der Waals surface area contributed by atoms with Crippen LogP contribution >= 0.6 is 11.3 Å². The molecular weight excluding hydrogens is 400 g/mol. The molecule has 1 aliphatic rings. The van der Waals surface area contributed by atoms with Crippen LogP contribution in [0.25, 0.3) is 0 Å². The highest BCUT2D eigenvalue weighted by Gasteiger charge is 2.40. The van der Waals surface area contributed by atoms with Gasteiger partial charge >= 0.3 is 0 Å². The molecule has 2 aromatic rings. The first kappa shape index (κ1) is 20.6. The highest BCUT2D eigenvalue weighted by Crippen LogP contribution is 2.34. The van der Waals surface area contributed by atoms with Crippen molar-refractivity contribution in [2.75, 3.05) is 26.1 Å². The van der Waals surface area contributed by atoms with Gasteiger partial charge in [0.1, 0.15) is 10.3 Å². The second-order valence-corrected chi connectivity index (χ2v) is 10.1. The van der Waals surface area contributed by atoms with Gasteiger partial charge in [0.2, 0.25) is 5.91 Å². The zero-order valence-electron chi connectivity index (χ0n) is 16.3. The smallest absolute Gasteiger partial charge is 0.253 e. The number of hydrogen-bond donors (Lipinski definition) is 1. The third-order valence-corrected chi connectivity index (χ3v) is 8.15. The van der Waals surface area contributed by atoms with Crippen LogP contribution in [-0.2, 0) is 14.8 Å². The molecule has 1 fully saturated rings. The average Bonchev–Trinajstić information content (AvgIpc) is 3.32. The highest BCUT2D eigenvalue weighted by molar-refractivity contribution is 7.91. The zero-order valence-corrected chi connectivity index (χ0v) is 17.9.